The molecule has 3 amide bonds. The molecule has 0 radical (unpaired) electrons. The summed E-state index contributed by atoms with van der Waals surface area (Å²) in [5, 5.41) is 5.63. The summed E-state index contributed by atoms with van der Waals surface area (Å²) in [7, 11) is 0. The summed E-state index contributed by atoms with van der Waals surface area (Å²) in [5.74, 6) is 0.489. The quantitative estimate of drug-likeness (QED) is 0.616. The van der Waals surface area contributed by atoms with Crippen LogP contribution in [0, 0.1) is 29.1 Å². The molecule has 0 aromatic heterocycles. The maximum Gasteiger partial charge on any atom is 0.243 e. The Kier molecular flexibility index (Phi) is 5.90. The molecular formula is C23H35N3O4. The van der Waals surface area contributed by atoms with Crippen LogP contribution in [0.2, 0.25) is 0 Å². The van der Waals surface area contributed by atoms with Crippen LogP contribution < -0.4 is 10.6 Å². The van der Waals surface area contributed by atoms with E-state index in [0.29, 0.717) is 44.2 Å². The Labute approximate surface area is 178 Å². The van der Waals surface area contributed by atoms with E-state index in [1.807, 2.05) is 0 Å². The standard InChI is InChI=1S/C23H35N3O4/c1-23(2)17-12-26(18(28)10-14-6-4-3-5-7-14)20(19(17)23)22(30)25-16(13-27)11-15-8-9-24-21(15)29/h13-17,19-20H,3-12H2,1-2H3,(H,24,29)(H,25,30)/t15-,16-,17-,19-,20-/m0/s1. The van der Waals surface area contributed by atoms with Gasteiger partial charge in [-0.05, 0) is 48.9 Å². The maximum atomic E-state index is 13.2. The van der Waals surface area contributed by atoms with E-state index in [2.05, 4.69) is 24.5 Å². The van der Waals surface area contributed by atoms with E-state index in [0.717, 1.165) is 19.1 Å². The van der Waals surface area contributed by atoms with Gasteiger partial charge in [-0.25, -0.2) is 0 Å². The van der Waals surface area contributed by atoms with E-state index in [1.165, 1.54) is 19.3 Å². The first kappa shape index (κ1) is 21.3. The smallest absolute Gasteiger partial charge is 0.243 e. The van der Waals surface area contributed by atoms with Crippen molar-refractivity contribution in [3.63, 3.8) is 0 Å². The molecule has 0 unspecified atom stereocenters. The number of piperidine rings is 1. The third kappa shape index (κ3) is 4.00. The fourth-order valence-electron chi connectivity index (χ4n) is 6.19. The molecule has 0 spiro atoms. The molecule has 0 aromatic rings. The second-order valence-electron chi connectivity index (χ2n) is 10.4. The van der Waals surface area contributed by atoms with Gasteiger partial charge in [0, 0.05) is 25.4 Å². The van der Waals surface area contributed by atoms with Crippen molar-refractivity contribution in [2.45, 2.75) is 77.3 Å². The number of nitrogens with one attached hydrogen (secondary N) is 2. The maximum absolute atomic E-state index is 13.2. The Bertz CT molecular complexity index is 715. The normalized spacial score (nSPS) is 33.5. The van der Waals surface area contributed by atoms with Gasteiger partial charge in [-0.15, -0.1) is 0 Å². The van der Waals surface area contributed by atoms with Crippen LogP contribution >= 0.6 is 0 Å². The van der Waals surface area contributed by atoms with Gasteiger partial charge < -0.3 is 20.3 Å². The highest BCUT2D eigenvalue weighted by molar-refractivity contribution is 5.91. The predicted molar refractivity (Wildman–Crippen MR) is 111 cm³/mol. The summed E-state index contributed by atoms with van der Waals surface area (Å²) < 4.78 is 0. The number of rotatable bonds is 7. The van der Waals surface area contributed by atoms with Gasteiger partial charge in [-0.3, -0.25) is 14.4 Å². The van der Waals surface area contributed by atoms with Crippen molar-refractivity contribution in [1.82, 2.24) is 15.5 Å². The second-order valence-corrected chi connectivity index (χ2v) is 10.4. The largest absolute Gasteiger partial charge is 0.356 e. The number of fused-ring (bicyclic) bond motifs is 1. The zero-order valence-corrected chi connectivity index (χ0v) is 18.2. The van der Waals surface area contributed by atoms with Gasteiger partial charge in [0.1, 0.15) is 12.3 Å². The molecule has 5 atom stereocenters. The minimum atomic E-state index is -0.692. The number of nitrogens with zero attached hydrogens (tertiary/aromatic N) is 1. The molecule has 0 bridgehead atoms. The number of aldehydes is 1. The molecule has 166 valence electrons. The molecular weight excluding hydrogens is 382 g/mol. The Morgan fingerprint density at radius 2 is 1.97 bits per heavy atom. The Hall–Kier alpha value is -1.92. The van der Waals surface area contributed by atoms with Crippen LogP contribution in [0.5, 0.6) is 0 Å². The summed E-state index contributed by atoms with van der Waals surface area (Å²) >= 11 is 0. The molecule has 30 heavy (non-hydrogen) atoms. The zero-order valence-electron chi connectivity index (χ0n) is 18.2. The highest BCUT2D eigenvalue weighted by Crippen LogP contribution is 2.65. The van der Waals surface area contributed by atoms with Crippen molar-refractivity contribution in [3.8, 4) is 0 Å². The molecule has 2 heterocycles. The fraction of sp³-hybridized carbons (Fsp3) is 0.826. The lowest BCUT2D eigenvalue weighted by Crippen LogP contribution is -2.53. The van der Waals surface area contributed by atoms with E-state index in [1.54, 1.807) is 4.90 Å². The van der Waals surface area contributed by atoms with Crippen LogP contribution in [0.3, 0.4) is 0 Å². The van der Waals surface area contributed by atoms with Crippen LogP contribution in [0.4, 0.5) is 0 Å². The number of likely N-dealkylation sites (tertiary alicyclic amines) is 1. The number of carbonyl (C=O) groups is 4. The molecule has 2 saturated carbocycles. The average Bonchev–Trinajstić information content (AvgIpc) is 3.09. The van der Waals surface area contributed by atoms with Crippen molar-refractivity contribution in [1.29, 1.82) is 0 Å². The molecule has 0 aromatic carbocycles. The molecule has 4 fully saturated rings. The lowest BCUT2D eigenvalue weighted by atomic mass is 9.86. The SMILES string of the molecule is CC1(C)[C@@H]2[C@@H](C(=O)N[C@H](C=O)C[C@@H]3CCNC3=O)N(C(=O)CC3CCCCC3)C[C@@H]21. The lowest BCUT2D eigenvalue weighted by Gasteiger charge is -2.32. The molecule has 4 aliphatic rings. The molecule has 7 nitrogen and oxygen atoms in total. The molecule has 2 aliphatic heterocycles. The van der Waals surface area contributed by atoms with Crippen molar-refractivity contribution in [3.05, 3.63) is 0 Å². The molecule has 2 saturated heterocycles. The van der Waals surface area contributed by atoms with Crippen LogP contribution in [0.15, 0.2) is 0 Å². The Balaban J connectivity index is 1.41. The molecule has 2 N–H and O–H groups in total. The minimum Gasteiger partial charge on any atom is -0.356 e. The van der Waals surface area contributed by atoms with E-state index in [-0.39, 0.29) is 35.0 Å². The van der Waals surface area contributed by atoms with Gasteiger partial charge in [-0.1, -0.05) is 33.1 Å². The van der Waals surface area contributed by atoms with Crippen molar-refractivity contribution in [2.75, 3.05) is 13.1 Å². The highest BCUT2D eigenvalue weighted by Gasteiger charge is 2.69. The summed E-state index contributed by atoms with van der Waals surface area (Å²) in [6, 6.07) is -1.19. The Morgan fingerprint density at radius 3 is 2.60 bits per heavy atom. The number of hydrogen-bond donors (Lipinski definition) is 2. The first-order chi connectivity index (χ1) is 14.3. The molecule has 7 heteroatoms. The number of amides is 3. The van der Waals surface area contributed by atoms with Gasteiger partial charge in [0.2, 0.25) is 17.7 Å². The number of hydrogen-bond acceptors (Lipinski definition) is 4. The van der Waals surface area contributed by atoms with Crippen LogP contribution in [0.1, 0.15) is 65.2 Å². The summed E-state index contributed by atoms with van der Waals surface area (Å²) in [6.45, 7) is 5.57. The molecule has 2 aliphatic carbocycles. The average molecular weight is 418 g/mol. The van der Waals surface area contributed by atoms with Crippen molar-refractivity contribution < 1.29 is 19.2 Å². The third-order valence-electron chi connectivity index (χ3n) is 8.18. The topological polar surface area (TPSA) is 95.6 Å². The van der Waals surface area contributed by atoms with Crippen LogP contribution in [0.25, 0.3) is 0 Å². The van der Waals surface area contributed by atoms with Crippen LogP contribution in [-0.4, -0.2) is 54.1 Å². The number of carbonyl (C=O) groups excluding carboxylic acids is 4. The summed E-state index contributed by atoms with van der Waals surface area (Å²) in [5.41, 5.74) is 0.0473. The van der Waals surface area contributed by atoms with Gasteiger partial charge in [-0.2, -0.15) is 0 Å². The van der Waals surface area contributed by atoms with Crippen LogP contribution in [-0.2, 0) is 19.2 Å². The first-order valence-corrected chi connectivity index (χ1v) is 11.7. The molecule has 4 rings (SSSR count). The van der Waals surface area contributed by atoms with Gasteiger partial charge in [0.25, 0.3) is 0 Å². The van der Waals surface area contributed by atoms with E-state index >= 15 is 0 Å². The van der Waals surface area contributed by atoms with E-state index in [4.69, 9.17) is 0 Å². The second kappa shape index (κ2) is 8.31. The predicted octanol–water partition coefficient (Wildman–Crippen LogP) is 1.65. The third-order valence-corrected chi connectivity index (χ3v) is 8.18. The summed E-state index contributed by atoms with van der Waals surface area (Å²) in [6.07, 6.45) is 8.10. The van der Waals surface area contributed by atoms with Crippen molar-refractivity contribution in [2.24, 2.45) is 29.1 Å². The van der Waals surface area contributed by atoms with E-state index < -0.39 is 12.1 Å². The van der Waals surface area contributed by atoms with Gasteiger partial charge in [0.05, 0.1) is 6.04 Å². The first-order valence-electron chi connectivity index (χ1n) is 11.7. The van der Waals surface area contributed by atoms with Gasteiger partial charge in [0.15, 0.2) is 0 Å². The monoisotopic (exact) mass is 417 g/mol. The zero-order chi connectivity index (χ0) is 21.5. The van der Waals surface area contributed by atoms with Gasteiger partial charge >= 0.3 is 0 Å². The fourth-order valence-corrected chi connectivity index (χ4v) is 6.19. The minimum absolute atomic E-state index is 0.0473. The highest BCUT2D eigenvalue weighted by atomic mass is 16.2. The van der Waals surface area contributed by atoms with Crippen molar-refractivity contribution >= 4 is 24.0 Å². The summed E-state index contributed by atoms with van der Waals surface area (Å²) in [4.78, 5) is 51.6. The van der Waals surface area contributed by atoms with E-state index in [9.17, 15) is 19.2 Å². The lowest BCUT2D eigenvalue weighted by molar-refractivity contribution is -0.141. The Morgan fingerprint density at radius 1 is 1.23 bits per heavy atom.